The van der Waals surface area contributed by atoms with Crippen LogP contribution >= 0.6 is 0 Å². The van der Waals surface area contributed by atoms with E-state index in [0.717, 1.165) is 12.1 Å². The fourth-order valence-corrected chi connectivity index (χ4v) is 3.82. The molecule has 0 bridgehead atoms. The number of halogens is 1. The van der Waals surface area contributed by atoms with Crippen LogP contribution in [-0.4, -0.2) is 60.8 Å². The number of benzene rings is 2. The predicted octanol–water partition coefficient (Wildman–Crippen LogP) is 3.40. The van der Waals surface area contributed by atoms with E-state index in [1.165, 1.54) is 43.4 Å². The van der Waals surface area contributed by atoms with Crippen LogP contribution in [0.1, 0.15) is 30.5 Å². The predicted molar refractivity (Wildman–Crippen MR) is 118 cm³/mol. The number of phenols is 1. The molecule has 1 atom stereocenters. The number of aliphatic hydroxyl groups excluding tert-OH is 1. The Labute approximate surface area is 190 Å². The normalized spacial score (nSPS) is 17.5. The number of Topliss-reactive ketones (excluding diaryl/α,β-unsaturated/α-hetero) is 1. The molecule has 1 heterocycles. The van der Waals surface area contributed by atoms with Gasteiger partial charge in [0.2, 0.25) is 0 Å². The number of amides is 1. The highest BCUT2D eigenvalue weighted by atomic mass is 19.1. The van der Waals surface area contributed by atoms with Crippen molar-refractivity contribution in [1.29, 1.82) is 0 Å². The van der Waals surface area contributed by atoms with Crippen LogP contribution in [-0.2, 0) is 14.3 Å². The van der Waals surface area contributed by atoms with E-state index in [1.54, 1.807) is 6.92 Å². The second-order valence-electron chi connectivity index (χ2n) is 7.34. The molecule has 1 amide bonds. The van der Waals surface area contributed by atoms with Gasteiger partial charge in [-0.2, -0.15) is 0 Å². The SMILES string of the molecule is CCOc1cc(C2/C(=C(\O)c3cc(F)ccc3OC)C(=O)C(=O)N2CCCOC)ccc1O. The topological polar surface area (TPSA) is 106 Å². The fourth-order valence-electron chi connectivity index (χ4n) is 3.82. The summed E-state index contributed by atoms with van der Waals surface area (Å²) in [5.41, 5.74) is 0.167. The van der Waals surface area contributed by atoms with Crippen molar-refractivity contribution in [3.63, 3.8) is 0 Å². The molecular weight excluding hydrogens is 433 g/mol. The number of phenolic OH excluding ortho intramolecular Hbond substituents is 1. The monoisotopic (exact) mass is 459 g/mol. The zero-order chi connectivity index (χ0) is 24.1. The molecule has 0 aromatic heterocycles. The first-order valence-electron chi connectivity index (χ1n) is 10.4. The van der Waals surface area contributed by atoms with E-state index < -0.39 is 29.3 Å². The van der Waals surface area contributed by atoms with Crippen molar-refractivity contribution >= 4 is 17.4 Å². The Kier molecular flexibility index (Phi) is 7.55. The van der Waals surface area contributed by atoms with Crippen molar-refractivity contribution in [2.75, 3.05) is 34.0 Å². The second-order valence-corrected chi connectivity index (χ2v) is 7.34. The number of ether oxygens (including phenoxy) is 3. The molecule has 1 unspecified atom stereocenters. The number of aromatic hydroxyl groups is 1. The Morgan fingerprint density at radius 1 is 1.12 bits per heavy atom. The highest BCUT2D eigenvalue weighted by Gasteiger charge is 2.46. The van der Waals surface area contributed by atoms with Gasteiger partial charge < -0.3 is 29.3 Å². The Balaban J connectivity index is 2.21. The Hall–Kier alpha value is -3.59. The first-order valence-corrected chi connectivity index (χ1v) is 10.4. The molecule has 2 N–H and O–H groups in total. The first kappa shape index (κ1) is 24.1. The fraction of sp³-hybridized carbons (Fsp3) is 0.333. The number of rotatable bonds is 9. The zero-order valence-electron chi connectivity index (χ0n) is 18.6. The number of ketones is 1. The molecular formula is C24H26FNO7. The molecule has 1 aliphatic rings. The lowest BCUT2D eigenvalue weighted by molar-refractivity contribution is -0.140. The average molecular weight is 459 g/mol. The third-order valence-electron chi connectivity index (χ3n) is 5.30. The van der Waals surface area contributed by atoms with Gasteiger partial charge in [0.25, 0.3) is 11.7 Å². The van der Waals surface area contributed by atoms with Gasteiger partial charge >= 0.3 is 0 Å². The van der Waals surface area contributed by atoms with E-state index in [1.807, 2.05) is 0 Å². The van der Waals surface area contributed by atoms with Crippen LogP contribution < -0.4 is 9.47 Å². The van der Waals surface area contributed by atoms with E-state index >= 15 is 0 Å². The lowest BCUT2D eigenvalue weighted by Gasteiger charge is -2.26. The number of aliphatic hydroxyl groups is 1. The summed E-state index contributed by atoms with van der Waals surface area (Å²) in [5, 5.41) is 21.2. The van der Waals surface area contributed by atoms with Crippen molar-refractivity contribution in [1.82, 2.24) is 4.90 Å². The van der Waals surface area contributed by atoms with E-state index in [4.69, 9.17) is 14.2 Å². The summed E-state index contributed by atoms with van der Waals surface area (Å²) in [6.45, 7) is 2.56. The van der Waals surface area contributed by atoms with Crippen LogP contribution in [0.2, 0.25) is 0 Å². The molecule has 8 nitrogen and oxygen atoms in total. The Morgan fingerprint density at radius 2 is 1.88 bits per heavy atom. The highest BCUT2D eigenvalue weighted by molar-refractivity contribution is 6.46. The Bertz CT molecular complexity index is 1080. The molecule has 1 aliphatic heterocycles. The molecule has 9 heteroatoms. The number of methoxy groups -OCH3 is 2. The third-order valence-corrected chi connectivity index (χ3v) is 5.30. The second kappa shape index (κ2) is 10.4. The molecule has 0 saturated carbocycles. The van der Waals surface area contributed by atoms with Gasteiger partial charge in [0.05, 0.1) is 30.9 Å². The van der Waals surface area contributed by atoms with Crippen LogP contribution in [0.25, 0.3) is 5.76 Å². The third kappa shape index (κ3) is 4.78. The maximum absolute atomic E-state index is 14.0. The maximum atomic E-state index is 14.0. The summed E-state index contributed by atoms with van der Waals surface area (Å²) >= 11 is 0. The molecule has 0 radical (unpaired) electrons. The smallest absolute Gasteiger partial charge is 0.295 e. The summed E-state index contributed by atoms with van der Waals surface area (Å²) in [5.74, 6) is -2.73. The lowest BCUT2D eigenvalue weighted by atomic mass is 9.94. The van der Waals surface area contributed by atoms with Crippen molar-refractivity contribution in [3.8, 4) is 17.2 Å². The lowest BCUT2D eigenvalue weighted by Crippen LogP contribution is -2.31. The van der Waals surface area contributed by atoms with E-state index in [0.29, 0.717) is 18.6 Å². The van der Waals surface area contributed by atoms with Gasteiger partial charge in [-0.1, -0.05) is 6.07 Å². The summed E-state index contributed by atoms with van der Waals surface area (Å²) in [7, 11) is 2.87. The molecule has 0 spiro atoms. The number of hydrogen-bond acceptors (Lipinski definition) is 7. The van der Waals surface area contributed by atoms with Gasteiger partial charge in [0, 0.05) is 20.3 Å². The van der Waals surface area contributed by atoms with Crippen LogP contribution in [0.4, 0.5) is 4.39 Å². The minimum absolute atomic E-state index is 0.0544. The van der Waals surface area contributed by atoms with Gasteiger partial charge in [-0.3, -0.25) is 9.59 Å². The zero-order valence-corrected chi connectivity index (χ0v) is 18.6. The molecule has 33 heavy (non-hydrogen) atoms. The van der Waals surface area contributed by atoms with Crippen molar-refractivity contribution in [2.45, 2.75) is 19.4 Å². The van der Waals surface area contributed by atoms with Gasteiger partial charge in [0.15, 0.2) is 11.5 Å². The molecule has 2 aromatic carbocycles. The number of hydrogen-bond donors (Lipinski definition) is 2. The van der Waals surface area contributed by atoms with Crippen molar-refractivity contribution < 1.29 is 38.4 Å². The van der Waals surface area contributed by atoms with Crippen LogP contribution in [0.3, 0.4) is 0 Å². The number of carbonyl (C=O) groups excluding carboxylic acids is 2. The minimum atomic E-state index is -0.991. The molecule has 3 rings (SSSR count). The number of nitrogens with zero attached hydrogens (tertiary/aromatic N) is 1. The van der Waals surface area contributed by atoms with E-state index in [9.17, 15) is 24.2 Å². The summed E-state index contributed by atoms with van der Waals surface area (Å²) < 4.78 is 29.7. The Morgan fingerprint density at radius 3 is 2.55 bits per heavy atom. The maximum Gasteiger partial charge on any atom is 0.295 e. The molecule has 1 saturated heterocycles. The van der Waals surface area contributed by atoms with Gasteiger partial charge in [-0.15, -0.1) is 0 Å². The summed E-state index contributed by atoms with van der Waals surface area (Å²) in [6, 6.07) is 6.95. The minimum Gasteiger partial charge on any atom is -0.507 e. The molecule has 2 aromatic rings. The quantitative estimate of drug-likeness (QED) is 0.256. The van der Waals surface area contributed by atoms with Crippen molar-refractivity contribution in [2.24, 2.45) is 0 Å². The molecule has 0 aliphatic carbocycles. The standard InChI is InChI=1S/C24H26FNO7/c1-4-33-19-12-14(6-8-17(19)27)21-20(23(29)24(30)26(21)10-5-11-31-2)22(28)16-13-15(25)7-9-18(16)32-3/h6-9,12-13,21,27-28H,4-5,10-11H2,1-3H3/b22-20+. The van der Waals surface area contributed by atoms with Crippen LogP contribution in [0.5, 0.6) is 17.2 Å². The van der Waals surface area contributed by atoms with E-state index in [-0.39, 0.29) is 41.5 Å². The average Bonchev–Trinajstić information content (AvgIpc) is 3.05. The van der Waals surface area contributed by atoms with Crippen molar-refractivity contribution in [3.05, 3.63) is 58.9 Å². The summed E-state index contributed by atoms with van der Waals surface area (Å²) in [6.07, 6.45) is 0.444. The van der Waals surface area contributed by atoms with Crippen LogP contribution in [0, 0.1) is 5.82 Å². The van der Waals surface area contributed by atoms with Gasteiger partial charge in [-0.05, 0) is 49.2 Å². The first-order chi connectivity index (χ1) is 15.8. The largest absolute Gasteiger partial charge is 0.507 e. The molecule has 1 fully saturated rings. The molecule has 176 valence electrons. The highest BCUT2D eigenvalue weighted by Crippen LogP contribution is 2.43. The van der Waals surface area contributed by atoms with Gasteiger partial charge in [-0.25, -0.2) is 4.39 Å². The summed E-state index contributed by atoms with van der Waals surface area (Å²) in [4.78, 5) is 27.3. The number of likely N-dealkylation sites (tertiary alicyclic amines) is 1. The van der Waals surface area contributed by atoms with E-state index in [2.05, 4.69) is 0 Å². The van der Waals surface area contributed by atoms with Crippen LogP contribution in [0.15, 0.2) is 42.0 Å². The van der Waals surface area contributed by atoms with Gasteiger partial charge in [0.1, 0.15) is 17.3 Å². The number of carbonyl (C=O) groups is 2.